The Morgan fingerprint density at radius 1 is 0.636 bits per heavy atom. The molecule has 2 saturated carbocycles. The molecule has 0 amide bonds. The Labute approximate surface area is 202 Å². The van der Waals surface area contributed by atoms with Crippen LogP contribution in [0.25, 0.3) is 11.1 Å². The predicted octanol–water partition coefficient (Wildman–Crippen LogP) is 10.4. The minimum Gasteiger partial charge on any atom is -0.206 e. The molecule has 1 heteroatoms. The summed E-state index contributed by atoms with van der Waals surface area (Å²) >= 11 is 0. The summed E-state index contributed by atoms with van der Waals surface area (Å²) in [6.07, 6.45) is 18.8. The maximum atomic E-state index is 14.8. The van der Waals surface area contributed by atoms with E-state index in [0.29, 0.717) is 11.8 Å². The average Bonchev–Trinajstić information content (AvgIpc) is 2.86. The lowest BCUT2D eigenvalue weighted by Crippen LogP contribution is -2.13. The van der Waals surface area contributed by atoms with Crippen molar-refractivity contribution < 1.29 is 4.39 Å². The van der Waals surface area contributed by atoms with Gasteiger partial charge < -0.3 is 0 Å². The molecule has 180 valence electrons. The van der Waals surface area contributed by atoms with Crippen LogP contribution >= 0.6 is 0 Å². The number of hydrogen-bond acceptors (Lipinski definition) is 0. The van der Waals surface area contributed by atoms with Crippen LogP contribution in [-0.2, 0) is 0 Å². The third-order valence-corrected chi connectivity index (χ3v) is 8.76. The fraction of sp³-hybridized carbons (Fsp3) is 0.625. The minimum atomic E-state index is -0.0835. The van der Waals surface area contributed by atoms with Crippen LogP contribution in [0.5, 0.6) is 0 Å². The highest BCUT2D eigenvalue weighted by atomic mass is 19.1. The molecule has 0 heterocycles. The third-order valence-electron chi connectivity index (χ3n) is 8.76. The second-order valence-electron chi connectivity index (χ2n) is 11.1. The molecule has 0 unspecified atom stereocenters. The van der Waals surface area contributed by atoms with Gasteiger partial charge in [-0.15, -0.1) is 0 Å². The van der Waals surface area contributed by atoms with E-state index in [4.69, 9.17) is 0 Å². The lowest BCUT2D eigenvalue weighted by molar-refractivity contribution is 0.302. The lowest BCUT2D eigenvalue weighted by atomic mass is 9.76. The van der Waals surface area contributed by atoms with E-state index in [1.165, 1.54) is 101 Å². The molecule has 2 aliphatic carbocycles. The van der Waals surface area contributed by atoms with Crippen molar-refractivity contribution >= 4 is 0 Å². The summed E-state index contributed by atoms with van der Waals surface area (Å²) in [5.41, 5.74) is 4.62. The monoisotopic (exact) mass is 448 g/mol. The largest absolute Gasteiger partial charge is 0.206 e. The molecule has 0 radical (unpaired) electrons. The van der Waals surface area contributed by atoms with E-state index in [-0.39, 0.29) is 5.82 Å². The fourth-order valence-corrected chi connectivity index (χ4v) is 6.61. The highest BCUT2D eigenvalue weighted by molar-refractivity contribution is 5.65. The Kier molecular flexibility index (Phi) is 9.04. The maximum absolute atomic E-state index is 14.8. The van der Waals surface area contributed by atoms with Crippen LogP contribution < -0.4 is 0 Å². The molecular formula is C32H45F. The van der Waals surface area contributed by atoms with E-state index in [2.05, 4.69) is 44.2 Å². The zero-order valence-corrected chi connectivity index (χ0v) is 21.1. The predicted molar refractivity (Wildman–Crippen MR) is 140 cm³/mol. The second kappa shape index (κ2) is 12.2. The van der Waals surface area contributed by atoms with Crippen LogP contribution in [-0.4, -0.2) is 0 Å². The first-order valence-electron chi connectivity index (χ1n) is 14.1. The van der Waals surface area contributed by atoms with Gasteiger partial charge >= 0.3 is 0 Å². The van der Waals surface area contributed by atoms with Crippen molar-refractivity contribution in [1.29, 1.82) is 0 Å². The zero-order chi connectivity index (χ0) is 23.0. The minimum absolute atomic E-state index is 0.0835. The second-order valence-corrected chi connectivity index (χ2v) is 11.1. The van der Waals surface area contributed by atoms with E-state index in [1.54, 1.807) is 6.07 Å². The van der Waals surface area contributed by atoms with Gasteiger partial charge in [-0.1, -0.05) is 82.7 Å². The molecule has 4 rings (SSSR count). The van der Waals surface area contributed by atoms with Crippen molar-refractivity contribution in [3.05, 3.63) is 59.4 Å². The Morgan fingerprint density at radius 3 is 1.82 bits per heavy atom. The number of halogens is 1. The van der Waals surface area contributed by atoms with Gasteiger partial charge in [0, 0.05) is 5.56 Å². The molecule has 0 N–H and O–H groups in total. The quantitative estimate of drug-likeness (QED) is 0.335. The van der Waals surface area contributed by atoms with Crippen LogP contribution in [0.4, 0.5) is 4.39 Å². The Hall–Kier alpha value is -1.63. The SMILES string of the molecule is CCCCC[C@H]1CC[C@H](c2ccc(F)c(-c3ccc([C@H]4CC[C@H](CCC)CC4)cc3)c2)CC1. The average molecular weight is 449 g/mol. The first kappa shape index (κ1) is 24.5. The van der Waals surface area contributed by atoms with E-state index in [9.17, 15) is 4.39 Å². The summed E-state index contributed by atoms with van der Waals surface area (Å²) in [4.78, 5) is 0. The van der Waals surface area contributed by atoms with E-state index < -0.39 is 0 Å². The molecule has 2 aliphatic rings. The number of hydrogen-bond donors (Lipinski definition) is 0. The lowest BCUT2D eigenvalue weighted by Gasteiger charge is -2.29. The van der Waals surface area contributed by atoms with Gasteiger partial charge in [-0.2, -0.15) is 0 Å². The first-order chi connectivity index (χ1) is 16.2. The topological polar surface area (TPSA) is 0 Å². The summed E-state index contributed by atoms with van der Waals surface area (Å²) in [7, 11) is 0. The highest BCUT2D eigenvalue weighted by Crippen LogP contribution is 2.40. The molecule has 0 spiro atoms. The van der Waals surface area contributed by atoms with Gasteiger partial charge in [-0.25, -0.2) is 4.39 Å². The van der Waals surface area contributed by atoms with Crippen LogP contribution in [0.3, 0.4) is 0 Å². The van der Waals surface area contributed by atoms with E-state index in [0.717, 1.165) is 23.0 Å². The van der Waals surface area contributed by atoms with Gasteiger partial charge in [-0.05, 0) is 104 Å². The van der Waals surface area contributed by atoms with Crippen molar-refractivity contribution in [3.63, 3.8) is 0 Å². The van der Waals surface area contributed by atoms with Gasteiger partial charge in [-0.3, -0.25) is 0 Å². The van der Waals surface area contributed by atoms with E-state index >= 15 is 0 Å². The molecular weight excluding hydrogens is 403 g/mol. The first-order valence-corrected chi connectivity index (χ1v) is 14.1. The van der Waals surface area contributed by atoms with E-state index in [1.807, 2.05) is 6.07 Å². The summed E-state index contributed by atoms with van der Waals surface area (Å²) in [5.74, 6) is 3.06. The molecule has 0 aromatic heterocycles. The molecule has 33 heavy (non-hydrogen) atoms. The Bertz CT molecular complexity index is 835. The highest BCUT2D eigenvalue weighted by Gasteiger charge is 2.24. The third kappa shape index (κ3) is 6.49. The number of unbranched alkanes of at least 4 members (excludes halogenated alkanes) is 2. The van der Waals surface area contributed by atoms with Gasteiger partial charge in [0.25, 0.3) is 0 Å². The van der Waals surface area contributed by atoms with Crippen LogP contribution in [0, 0.1) is 17.7 Å². The summed E-state index contributed by atoms with van der Waals surface area (Å²) < 4.78 is 14.8. The van der Waals surface area contributed by atoms with Crippen LogP contribution in [0.1, 0.15) is 127 Å². The number of rotatable bonds is 9. The summed E-state index contributed by atoms with van der Waals surface area (Å²) in [6, 6.07) is 14.8. The van der Waals surface area contributed by atoms with Gasteiger partial charge in [0.2, 0.25) is 0 Å². The molecule has 0 atom stereocenters. The normalized spacial score (nSPS) is 25.8. The van der Waals surface area contributed by atoms with Crippen LogP contribution in [0.15, 0.2) is 42.5 Å². The standard InChI is InChI=1S/C32H45F/c1-3-5-6-8-25-11-15-28(16-12-25)30-21-22-32(33)31(23-30)29-19-17-27(18-20-29)26-13-9-24(7-4-2)10-14-26/h17-26,28H,3-16H2,1-2H3/t24-,25-,26-,28-. The number of benzene rings is 2. The molecule has 2 fully saturated rings. The molecule has 2 aromatic carbocycles. The summed E-state index contributed by atoms with van der Waals surface area (Å²) in [6.45, 7) is 4.59. The van der Waals surface area contributed by atoms with Crippen molar-refractivity contribution in [2.24, 2.45) is 11.8 Å². The smallest absolute Gasteiger partial charge is 0.131 e. The fourth-order valence-electron chi connectivity index (χ4n) is 6.61. The molecule has 0 nitrogen and oxygen atoms in total. The molecule has 0 saturated heterocycles. The van der Waals surface area contributed by atoms with Crippen molar-refractivity contribution in [2.75, 3.05) is 0 Å². The maximum Gasteiger partial charge on any atom is 0.131 e. The Morgan fingerprint density at radius 2 is 1.21 bits per heavy atom. The molecule has 2 aromatic rings. The van der Waals surface area contributed by atoms with Gasteiger partial charge in [0.1, 0.15) is 5.82 Å². The Balaban J connectivity index is 1.38. The van der Waals surface area contributed by atoms with Gasteiger partial charge in [0.05, 0.1) is 0 Å². The molecule has 0 bridgehead atoms. The van der Waals surface area contributed by atoms with Gasteiger partial charge in [0.15, 0.2) is 0 Å². The zero-order valence-electron chi connectivity index (χ0n) is 21.1. The summed E-state index contributed by atoms with van der Waals surface area (Å²) in [5, 5.41) is 0. The molecule has 0 aliphatic heterocycles. The van der Waals surface area contributed by atoms with Crippen molar-refractivity contribution in [3.8, 4) is 11.1 Å². The van der Waals surface area contributed by atoms with Crippen LogP contribution in [0.2, 0.25) is 0 Å². The van der Waals surface area contributed by atoms with Crippen molar-refractivity contribution in [1.82, 2.24) is 0 Å². The van der Waals surface area contributed by atoms with Crippen molar-refractivity contribution in [2.45, 2.75) is 116 Å².